The topological polar surface area (TPSA) is 98.5 Å². The van der Waals surface area contributed by atoms with Gasteiger partial charge in [-0.3, -0.25) is 10.1 Å². The van der Waals surface area contributed by atoms with Gasteiger partial charge < -0.3 is 10.1 Å². The highest BCUT2D eigenvalue weighted by Gasteiger charge is 2.29. The molecule has 0 aliphatic rings. The van der Waals surface area contributed by atoms with Gasteiger partial charge in [-0.05, 0) is 18.2 Å². The van der Waals surface area contributed by atoms with E-state index in [1.165, 1.54) is 13.2 Å². The summed E-state index contributed by atoms with van der Waals surface area (Å²) in [5.41, 5.74) is -0.875. The fourth-order valence-electron chi connectivity index (χ4n) is 1.96. The van der Waals surface area contributed by atoms with Gasteiger partial charge in [-0.25, -0.2) is 12.8 Å². The molecule has 0 aliphatic carbocycles. The van der Waals surface area contributed by atoms with Crippen LogP contribution in [0.1, 0.15) is 0 Å². The molecule has 0 radical (unpaired) electrons. The Hall–Kier alpha value is -2.82. The number of nitrogens with zero attached hydrogens (tertiary/aromatic N) is 1. The second kappa shape index (κ2) is 6.97. The number of methoxy groups -OCH3 is 1. The second-order valence-corrected chi connectivity index (χ2v) is 6.66. The molecular formula is C14H11F3N2O5S. The molecule has 0 heterocycles. The van der Waals surface area contributed by atoms with Crippen molar-refractivity contribution in [2.45, 2.75) is 10.7 Å². The van der Waals surface area contributed by atoms with Crippen molar-refractivity contribution in [3.05, 3.63) is 52.3 Å². The molecule has 7 nitrogen and oxygen atoms in total. The average Bonchev–Trinajstić information content (AvgIpc) is 2.54. The third-order valence-corrected chi connectivity index (χ3v) is 4.50. The Morgan fingerprint density at radius 1 is 1.20 bits per heavy atom. The van der Waals surface area contributed by atoms with Crippen LogP contribution in [0.15, 0.2) is 41.3 Å². The number of halogens is 3. The van der Waals surface area contributed by atoms with Gasteiger partial charge in [-0.1, -0.05) is 0 Å². The smallest absolute Gasteiger partial charge is 0.341 e. The van der Waals surface area contributed by atoms with Crippen molar-refractivity contribution in [3.63, 3.8) is 0 Å². The van der Waals surface area contributed by atoms with Crippen LogP contribution in [-0.4, -0.2) is 26.2 Å². The van der Waals surface area contributed by atoms with Gasteiger partial charge >= 0.3 is 5.76 Å². The fraction of sp³-hybridized carbons (Fsp3) is 0.143. The fourth-order valence-corrected chi connectivity index (χ4v) is 2.70. The van der Waals surface area contributed by atoms with E-state index in [-0.39, 0.29) is 17.1 Å². The molecule has 0 unspecified atom stereocenters. The van der Waals surface area contributed by atoms with Gasteiger partial charge in [-0.15, -0.1) is 0 Å². The lowest BCUT2D eigenvalue weighted by molar-refractivity contribution is -0.384. The lowest BCUT2D eigenvalue weighted by Crippen LogP contribution is -2.12. The van der Waals surface area contributed by atoms with Crippen molar-refractivity contribution in [1.82, 2.24) is 0 Å². The number of ether oxygens (including phenoxy) is 1. The number of alkyl halides is 2. The number of rotatable bonds is 6. The Labute approximate surface area is 140 Å². The molecule has 2 rings (SSSR count). The summed E-state index contributed by atoms with van der Waals surface area (Å²) in [7, 11) is -3.69. The molecule has 2 aromatic carbocycles. The summed E-state index contributed by atoms with van der Waals surface area (Å²) in [5.74, 6) is -4.25. The molecule has 0 aromatic heterocycles. The molecule has 0 fully saturated rings. The average molecular weight is 376 g/mol. The molecule has 0 aliphatic heterocycles. The minimum atomic E-state index is -4.99. The molecule has 0 amide bonds. The molecule has 0 saturated carbocycles. The molecule has 2 aromatic rings. The zero-order chi connectivity index (χ0) is 18.8. The van der Waals surface area contributed by atoms with E-state index in [9.17, 15) is 31.7 Å². The predicted octanol–water partition coefficient (Wildman–Crippen LogP) is 3.48. The van der Waals surface area contributed by atoms with Gasteiger partial charge in [0.15, 0.2) is 0 Å². The molecule has 0 atom stereocenters. The molecule has 0 bridgehead atoms. The van der Waals surface area contributed by atoms with Crippen LogP contribution >= 0.6 is 0 Å². The quantitative estimate of drug-likeness (QED) is 0.612. The Morgan fingerprint density at radius 3 is 2.44 bits per heavy atom. The number of benzene rings is 2. The number of anilines is 2. The minimum absolute atomic E-state index is 0.0874. The summed E-state index contributed by atoms with van der Waals surface area (Å²) < 4.78 is 66.4. The first-order valence-electron chi connectivity index (χ1n) is 6.57. The number of hydrogen-bond donors (Lipinski definition) is 1. The highest BCUT2D eigenvalue weighted by atomic mass is 32.2. The van der Waals surface area contributed by atoms with Crippen LogP contribution in [0.3, 0.4) is 0 Å². The maximum Gasteiger partial charge on any atom is 0.341 e. The van der Waals surface area contributed by atoms with Crippen molar-refractivity contribution in [1.29, 1.82) is 0 Å². The number of nitro benzene ring substituents is 1. The molecule has 25 heavy (non-hydrogen) atoms. The van der Waals surface area contributed by atoms with Crippen molar-refractivity contribution >= 4 is 26.9 Å². The van der Waals surface area contributed by atoms with Gasteiger partial charge in [0, 0.05) is 23.9 Å². The van der Waals surface area contributed by atoms with Crippen molar-refractivity contribution in [3.8, 4) is 5.75 Å². The Bertz CT molecular complexity index is 919. The monoisotopic (exact) mass is 376 g/mol. The van der Waals surface area contributed by atoms with E-state index < -0.39 is 36.9 Å². The minimum Gasteiger partial charge on any atom is -0.497 e. The predicted molar refractivity (Wildman–Crippen MR) is 82.5 cm³/mol. The highest BCUT2D eigenvalue weighted by molar-refractivity contribution is 7.91. The van der Waals surface area contributed by atoms with Crippen LogP contribution < -0.4 is 10.1 Å². The molecule has 0 saturated heterocycles. The first-order valence-corrected chi connectivity index (χ1v) is 8.12. The lowest BCUT2D eigenvalue weighted by Gasteiger charge is -2.10. The summed E-state index contributed by atoms with van der Waals surface area (Å²) in [4.78, 5) is 9.30. The van der Waals surface area contributed by atoms with Crippen LogP contribution in [0.5, 0.6) is 5.75 Å². The van der Waals surface area contributed by atoms with E-state index in [2.05, 4.69) is 5.32 Å². The molecule has 0 spiro atoms. The zero-order valence-corrected chi connectivity index (χ0v) is 13.4. The number of nitrogens with one attached hydrogen (secondary N) is 1. The van der Waals surface area contributed by atoms with E-state index in [0.717, 1.165) is 24.3 Å². The third-order valence-electron chi connectivity index (χ3n) is 3.11. The van der Waals surface area contributed by atoms with Crippen LogP contribution in [0.4, 0.5) is 30.2 Å². The summed E-state index contributed by atoms with van der Waals surface area (Å²) in [6, 6.07) is 5.71. The van der Waals surface area contributed by atoms with Crippen molar-refractivity contribution < 1.29 is 31.2 Å². The highest BCUT2D eigenvalue weighted by Crippen LogP contribution is 2.32. The van der Waals surface area contributed by atoms with Crippen LogP contribution in [-0.2, 0) is 9.84 Å². The van der Waals surface area contributed by atoms with Crippen LogP contribution in [0.2, 0.25) is 0 Å². The van der Waals surface area contributed by atoms with Gasteiger partial charge in [-0.2, -0.15) is 8.78 Å². The van der Waals surface area contributed by atoms with E-state index in [4.69, 9.17) is 4.74 Å². The first-order chi connectivity index (χ1) is 11.6. The van der Waals surface area contributed by atoms with Gasteiger partial charge in [0.25, 0.3) is 5.69 Å². The second-order valence-electron chi connectivity index (χ2n) is 4.75. The largest absolute Gasteiger partial charge is 0.497 e. The lowest BCUT2D eigenvalue weighted by atomic mass is 10.2. The normalized spacial score (nSPS) is 11.4. The first kappa shape index (κ1) is 18.5. The maximum absolute atomic E-state index is 13.5. The van der Waals surface area contributed by atoms with E-state index in [1.807, 2.05) is 0 Å². The van der Waals surface area contributed by atoms with E-state index >= 15 is 0 Å². The van der Waals surface area contributed by atoms with E-state index in [1.54, 1.807) is 0 Å². The Morgan fingerprint density at radius 2 is 1.88 bits per heavy atom. The van der Waals surface area contributed by atoms with Gasteiger partial charge in [0.1, 0.15) is 17.3 Å². The van der Waals surface area contributed by atoms with Crippen molar-refractivity contribution in [2.24, 2.45) is 0 Å². The van der Waals surface area contributed by atoms with Crippen molar-refractivity contribution in [2.75, 3.05) is 12.4 Å². The SMILES string of the molecule is COc1cc(F)cc(Nc2ccc(S(=O)(=O)C(F)F)cc2[N+](=O)[O-])c1. The van der Waals surface area contributed by atoms with E-state index in [0.29, 0.717) is 6.07 Å². The van der Waals surface area contributed by atoms with Gasteiger partial charge in [0.05, 0.1) is 16.9 Å². The summed E-state index contributed by atoms with van der Waals surface area (Å²) in [6.07, 6.45) is 0. The Balaban J connectivity index is 2.49. The number of hydrogen-bond acceptors (Lipinski definition) is 6. The molecular weight excluding hydrogens is 365 g/mol. The van der Waals surface area contributed by atoms with Gasteiger partial charge in [0.2, 0.25) is 9.84 Å². The van der Waals surface area contributed by atoms with Crippen LogP contribution in [0, 0.1) is 15.9 Å². The molecule has 11 heteroatoms. The molecule has 1 N–H and O–H groups in total. The summed E-state index contributed by atoms with van der Waals surface area (Å²) in [6.45, 7) is 0. The molecule has 134 valence electrons. The Kier molecular flexibility index (Phi) is 5.16. The number of nitro groups is 1. The summed E-state index contributed by atoms with van der Waals surface area (Å²) in [5, 5.41) is 13.7. The van der Waals surface area contributed by atoms with Crippen LogP contribution in [0.25, 0.3) is 0 Å². The zero-order valence-electron chi connectivity index (χ0n) is 12.6. The number of sulfone groups is 1. The standard InChI is InChI=1S/C14H11F3N2O5S/c1-24-10-5-8(15)4-9(6-10)18-12-3-2-11(7-13(12)19(20)21)25(22,23)14(16)17/h2-7,14,18H,1H3. The third kappa shape index (κ3) is 3.99. The maximum atomic E-state index is 13.5. The summed E-state index contributed by atoms with van der Waals surface area (Å²) >= 11 is 0.